The van der Waals surface area contributed by atoms with Crippen LogP contribution in [-0.2, 0) is 0 Å². The van der Waals surface area contributed by atoms with Gasteiger partial charge in [-0.1, -0.05) is 0 Å². The number of nitrogens with zero attached hydrogens (tertiary/aromatic N) is 2. The van der Waals surface area contributed by atoms with Crippen LogP contribution in [0.25, 0.3) is 10.9 Å². The molecule has 0 saturated heterocycles. The number of rotatable bonds is 7. The number of aryl methyl sites for hydroxylation is 1. The molecule has 0 spiro atoms. The Balaban J connectivity index is 2.21. The number of hydrogen-bond acceptors (Lipinski definition) is 4. The van der Waals surface area contributed by atoms with Gasteiger partial charge in [-0.25, -0.2) is 0 Å². The Bertz CT molecular complexity index is 596. The average Bonchev–Trinajstić information content (AvgIpc) is 2.44. The largest absolute Gasteiger partial charge is 0.494 e. The van der Waals surface area contributed by atoms with Gasteiger partial charge in [0.1, 0.15) is 5.75 Å². The summed E-state index contributed by atoms with van der Waals surface area (Å²) in [4.78, 5) is 6.79. The average molecular weight is 287 g/mol. The first-order valence-electron chi connectivity index (χ1n) is 7.53. The molecule has 0 aliphatic rings. The minimum absolute atomic E-state index is 0.677. The van der Waals surface area contributed by atoms with Gasteiger partial charge in [-0.3, -0.25) is 4.98 Å². The molecule has 0 bridgehead atoms. The number of hydrogen-bond donors (Lipinski definition) is 1. The highest BCUT2D eigenvalue weighted by Gasteiger charge is 2.05. The van der Waals surface area contributed by atoms with Crippen LogP contribution in [0.15, 0.2) is 24.3 Å². The van der Waals surface area contributed by atoms with Crippen LogP contribution in [0.3, 0.4) is 0 Å². The normalized spacial score (nSPS) is 11.1. The minimum atomic E-state index is 0.677. The molecule has 2 aromatic rings. The van der Waals surface area contributed by atoms with Crippen LogP contribution in [-0.4, -0.2) is 43.7 Å². The second-order valence-electron chi connectivity index (χ2n) is 5.51. The Labute approximate surface area is 127 Å². The molecule has 114 valence electrons. The topological polar surface area (TPSA) is 37.4 Å². The van der Waals surface area contributed by atoms with Crippen molar-refractivity contribution in [2.75, 3.05) is 39.1 Å². The number of aromatic nitrogens is 1. The van der Waals surface area contributed by atoms with Crippen LogP contribution in [0.2, 0.25) is 0 Å². The Morgan fingerprint density at radius 2 is 2.05 bits per heavy atom. The minimum Gasteiger partial charge on any atom is -0.494 e. The maximum atomic E-state index is 5.59. The molecule has 4 heteroatoms. The third-order valence-corrected chi connectivity index (χ3v) is 3.32. The van der Waals surface area contributed by atoms with Crippen LogP contribution >= 0.6 is 0 Å². The molecule has 0 aliphatic heterocycles. The maximum absolute atomic E-state index is 5.59. The maximum Gasteiger partial charge on any atom is 0.120 e. The number of ether oxygens (including phenoxy) is 1. The first-order chi connectivity index (χ1) is 10.1. The van der Waals surface area contributed by atoms with E-state index in [1.54, 1.807) is 0 Å². The second kappa shape index (κ2) is 7.27. The Hall–Kier alpha value is -1.81. The summed E-state index contributed by atoms with van der Waals surface area (Å²) >= 11 is 0. The van der Waals surface area contributed by atoms with Gasteiger partial charge in [-0.15, -0.1) is 0 Å². The van der Waals surface area contributed by atoms with Crippen molar-refractivity contribution in [3.05, 3.63) is 30.0 Å². The zero-order chi connectivity index (χ0) is 15.2. The fourth-order valence-electron chi connectivity index (χ4n) is 2.36. The molecule has 1 aromatic heterocycles. The summed E-state index contributed by atoms with van der Waals surface area (Å²) in [5.41, 5.74) is 3.17. The van der Waals surface area contributed by atoms with Gasteiger partial charge < -0.3 is 15.0 Å². The van der Waals surface area contributed by atoms with Crippen LogP contribution in [0.5, 0.6) is 5.75 Å². The molecule has 1 heterocycles. The van der Waals surface area contributed by atoms with Gasteiger partial charge in [0.2, 0.25) is 0 Å². The first kappa shape index (κ1) is 15.6. The van der Waals surface area contributed by atoms with Crippen molar-refractivity contribution >= 4 is 16.6 Å². The fraction of sp³-hybridized carbons (Fsp3) is 0.471. The number of pyridine rings is 1. The zero-order valence-electron chi connectivity index (χ0n) is 13.4. The first-order valence-corrected chi connectivity index (χ1v) is 7.53. The number of benzene rings is 1. The lowest BCUT2D eigenvalue weighted by Crippen LogP contribution is -2.16. The van der Waals surface area contributed by atoms with Crippen molar-refractivity contribution < 1.29 is 4.74 Å². The molecule has 0 radical (unpaired) electrons. The Kier molecular flexibility index (Phi) is 5.39. The van der Waals surface area contributed by atoms with Crippen molar-refractivity contribution in [2.45, 2.75) is 20.3 Å². The SMILES string of the molecule is CCOc1ccc2nc(C)cc(NCCCN(C)C)c2c1. The van der Waals surface area contributed by atoms with E-state index in [2.05, 4.69) is 41.4 Å². The van der Waals surface area contributed by atoms with Crippen LogP contribution < -0.4 is 10.1 Å². The molecule has 21 heavy (non-hydrogen) atoms. The lowest BCUT2D eigenvalue weighted by molar-refractivity contribution is 0.340. The highest BCUT2D eigenvalue weighted by atomic mass is 16.5. The predicted molar refractivity (Wildman–Crippen MR) is 89.3 cm³/mol. The van der Waals surface area contributed by atoms with Gasteiger partial charge in [-0.05, 0) is 65.2 Å². The van der Waals surface area contributed by atoms with E-state index in [0.29, 0.717) is 6.61 Å². The van der Waals surface area contributed by atoms with E-state index < -0.39 is 0 Å². The zero-order valence-corrected chi connectivity index (χ0v) is 13.4. The molecular formula is C17H25N3O. The van der Waals surface area contributed by atoms with E-state index in [-0.39, 0.29) is 0 Å². The van der Waals surface area contributed by atoms with Gasteiger partial charge in [0.25, 0.3) is 0 Å². The van der Waals surface area contributed by atoms with Crippen molar-refractivity contribution in [3.63, 3.8) is 0 Å². The molecule has 0 aliphatic carbocycles. The van der Waals surface area contributed by atoms with E-state index >= 15 is 0 Å². The quantitative estimate of drug-likeness (QED) is 0.793. The molecule has 4 nitrogen and oxygen atoms in total. The summed E-state index contributed by atoms with van der Waals surface area (Å²) in [5.74, 6) is 0.895. The van der Waals surface area contributed by atoms with Gasteiger partial charge in [-0.2, -0.15) is 0 Å². The van der Waals surface area contributed by atoms with E-state index in [0.717, 1.165) is 47.5 Å². The summed E-state index contributed by atoms with van der Waals surface area (Å²) in [6.45, 7) is 6.74. The van der Waals surface area contributed by atoms with Gasteiger partial charge >= 0.3 is 0 Å². The van der Waals surface area contributed by atoms with Gasteiger partial charge in [0.05, 0.1) is 12.1 Å². The van der Waals surface area contributed by atoms with Crippen molar-refractivity contribution in [2.24, 2.45) is 0 Å². The molecule has 0 amide bonds. The molecule has 1 N–H and O–H groups in total. The fourth-order valence-corrected chi connectivity index (χ4v) is 2.36. The molecular weight excluding hydrogens is 262 g/mol. The van der Waals surface area contributed by atoms with Gasteiger partial charge in [0, 0.05) is 23.3 Å². The highest BCUT2D eigenvalue weighted by molar-refractivity contribution is 5.92. The second-order valence-corrected chi connectivity index (χ2v) is 5.51. The van der Waals surface area contributed by atoms with Crippen molar-refractivity contribution in [1.82, 2.24) is 9.88 Å². The Morgan fingerprint density at radius 3 is 2.76 bits per heavy atom. The summed E-state index contributed by atoms with van der Waals surface area (Å²) < 4.78 is 5.59. The van der Waals surface area contributed by atoms with Crippen LogP contribution in [0.1, 0.15) is 19.0 Å². The standard InChI is InChI=1S/C17H25N3O/c1-5-21-14-7-8-16-15(12-14)17(11-13(2)19-16)18-9-6-10-20(3)4/h7-8,11-12H,5-6,9-10H2,1-4H3,(H,18,19). The molecule has 2 rings (SSSR count). The summed E-state index contributed by atoms with van der Waals surface area (Å²) in [5, 5.41) is 4.65. The monoisotopic (exact) mass is 287 g/mol. The third-order valence-electron chi connectivity index (χ3n) is 3.32. The van der Waals surface area contributed by atoms with E-state index in [1.165, 1.54) is 0 Å². The lowest BCUT2D eigenvalue weighted by Gasteiger charge is -2.13. The molecule has 0 saturated carbocycles. The predicted octanol–water partition coefficient (Wildman–Crippen LogP) is 3.31. The molecule has 0 fully saturated rings. The van der Waals surface area contributed by atoms with E-state index in [9.17, 15) is 0 Å². The van der Waals surface area contributed by atoms with Crippen molar-refractivity contribution in [3.8, 4) is 5.75 Å². The van der Waals surface area contributed by atoms with Crippen LogP contribution in [0.4, 0.5) is 5.69 Å². The number of nitrogens with one attached hydrogen (secondary N) is 1. The number of fused-ring (bicyclic) bond motifs is 1. The van der Waals surface area contributed by atoms with E-state index in [1.807, 2.05) is 26.0 Å². The smallest absolute Gasteiger partial charge is 0.120 e. The van der Waals surface area contributed by atoms with Crippen molar-refractivity contribution in [1.29, 1.82) is 0 Å². The molecule has 0 atom stereocenters. The summed E-state index contributed by atoms with van der Waals surface area (Å²) in [6, 6.07) is 8.18. The van der Waals surface area contributed by atoms with Gasteiger partial charge in [0.15, 0.2) is 0 Å². The summed E-state index contributed by atoms with van der Waals surface area (Å²) in [6.07, 6.45) is 1.11. The lowest BCUT2D eigenvalue weighted by atomic mass is 10.1. The Morgan fingerprint density at radius 1 is 1.24 bits per heavy atom. The molecule has 0 unspecified atom stereocenters. The number of anilines is 1. The third kappa shape index (κ3) is 4.33. The van der Waals surface area contributed by atoms with Crippen LogP contribution in [0, 0.1) is 6.92 Å². The van der Waals surface area contributed by atoms with E-state index in [4.69, 9.17) is 4.74 Å². The summed E-state index contributed by atoms with van der Waals surface area (Å²) in [7, 11) is 4.20. The highest BCUT2D eigenvalue weighted by Crippen LogP contribution is 2.27. The molecule has 1 aromatic carbocycles.